The number of rotatable bonds is 3. The predicted octanol–water partition coefficient (Wildman–Crippen LogP) is 4.79. The minimum atomic E-state index is -0.289. The smallest absolute Gasteiger partial charge is 0.256 e. The maximum Gasteiger partial charge on any atom is 0.256 e. The molecule has 0 saturated heterocycles. The van der Waals surface area contributed by atoms with Gasteiger partial charge in [-0.15, -0.1) is 0 Å². The summed E-state index contributed by atoms with van der Waals surface area (Å²) in [5.74, 6) is 0.916. The number of benzene rings is 3. The number of hydrogen-bond donors (Lipinski definition) is 2. The summed E-state index contributed by atoms with van der Waals surface area (Å²) in [4.78, 5) is 12.5. The van der Waals surface area contributed by atoms with Crippen molar-refractivity contribution in [1.29, 1.82) is 0 Å². The van der Waals surface area contributed by atoms with Crippen LogP contribution in [0.1, 0.15) is 11.1 Å². The monoisotopic (exact) mass is 374 g/mol. The molecule has 0 radical (unpaired) electrons. The molecule has 1 amide bonds. The molecule has 138 valence electrons. The number of hydrogen-bond acceptors (Lipinski definition) is 4. The van der Waals surface area contributed by atoms with Crippen molar-refractivity contribution in [3.63, 3.8) is 0 Å². The van der Waals surface area contributed by atoms with Crippen molar-refractivity contribution in [2.45, 2.75) is 0 Å². The van der Waals surface area contributed by atoms with Crippen LogP contribution in [0.4, 0.5) is 21.5 Å². The van der Waals surface area contributed by atoms with Crippen LogP contribution in [0.3, 0.4) is 0 Å². The summed E-state index contributed by atoms with van der Waals surface area (Å²) in [5.41, 5.74) is 4.53. The van der Waals surface area contributed by atoms with Gasteiger partial charge in [0.05, 0.1) is 0 Å². The molecule has 0 aliphatic carbocycles. The van der Waals surface area contributed by atoms with Crippen molar-refractivity contribution >= 4 is 34.6 Å². The molecule has 3 aromatic carbocycles. The molecule has 3 aromatic rings. The number of amides is 1. The maximum absolute atomic E-state index is 13.1. The highest BCUT2D eigenvalue weighted by Crippen LogP contribution is 2.38. The second kappa shape index (κ2) is 6.42. The van der Waals surface area contributed by atoms with Crippen LogP contribution in [0.25, 0.3) is 11.6 Å². The average Bonchev–Trinajstić information content (AvgIpc) is 3.28. The van der Waals surface area contributed by atoms with Crippen LogP contribution in [0.2, 0.25) is 0 Å². The molecule has 2 heterocycles. The van der Waals surface area contributed by atoms with E-state index in [0.717, 1.165) is 28.2 Å². The largest absolute Gasteiger partial charge is 0.454 e. The Bertz CT molecular complexity index is 1120. The van der Waals surface area contributed by atoms with Gasteiger partial charge in [0.2, 0.25) is 6.79 Å². The van der Waals surface area contributed by atoms with Crippen molar-refractivity contribution in [3.05, 3.63) is 77.6 Å². The van der Waals surface area contributed by atoms with Crippen LogP contribution >= 0.6 is 0 Å². The van der Waals surface area contributed by atoms with Crippen molar-refractivity contribution in [3.8, 4) is 11.5 Å². The molecular formula is C22H15FN2O3. The minimum absolute atomic E-state index is 0.161. The third kappa shape index (κ3) is 2.95. The lowest BCUT2D eigenvalue weighted by Gasteiger charge is -2.08. The van der Waals surface area contributed by atoms with Gasteiger partial charge in [-0.1, -0.05) is 6.07 Å². The molecule has 6 heteroatoms. The van der Waals surface area contributed by atoms with E-state index in [1.54, 1.807) is 12.1 Å². The molecule has 0 unspecified atom stereocenters. The number of nitrogens with one attached hydrogen (secondary N) is 2. The first kappa shape index (κ1) is 16.4. The summed E-state index contributed by atoms with van der Waals surface area (Å²) >= 11 is 0. The van der Waals surface area contributed by atoms with E-state index < -0.39 is 0 Å². The van der Waals surface area contributed by atoms with Gasteiger partial charge >= 0.3 is 0 Å². The first-order valence-electron chi connectivity index (χ1n) is 8.75. The summed E-state index contributed by atoms with van der Waals surface area (Å²) < 4.78 is 23.8. The number of fused-ring (bicyclic) bond motifs is 2. The molecule has 2 N–H and O–H groups in total. The molecule has 5 rings (SSSR count). The van der Waals surface area contributed by atoms with Gasteiger partial charge in [0.1, 0.15) is 5.82 Å². The fraction of sp³-hybridized carbons (Fsp3) is 0.0455. The van der Waals surface area contributed by atoms with Crippen LogP contribution in [-0.2, 0) is 4.79 Å². The third-order valence-corrected chi connectivity index (χ3v) is 4.64. The summed E-state index contributed by atoms with van der Waals surface area (Å²) in [6.07, 6.45) is 1.82. The first-order valence-corrected chi connectivity index (χ1v) is 8.75. The van der Waals surface area contributed by atoms with Gasteiger partial charge in [-0.25, -0.2) is 4.39 Å². The molecule has 0 saturated carbocycles. The van der Waals surface area contributed by atoms with Crippen LogP contribution in [0.15, 0.2) is 60.7 Å². The zero-order valence-electron chi connectivity index (χ0n) is 14.7. The van der Waals surface area contributed by atoms with Gasteiger partial charge in [0, 0.05) is 28.2 Å². The molecule has 2 aliphatic rings. The van der Waals surface area contributed by atoms with E-state index in [1.165, 1.54) is 12.1 Å². The van der Waals surface area contributed by atoms with Crippen LogP contribution in [0, 0.1) is 5.82 Å². The van der Waals surface area contributed by atoms with E-state index in [2.05, 4.69) is 10.6 Å². The Hall–Kier alpha value is -3.80. The lowest BCUT2D eigenvalue weighted by molar-refractivity contribution is -0.110. The first-order chi connectivity index (χ1) is 13.7. The number of halogens is 1. The maximum atomic E-state index is 13.1. The van der Waals surface area contributed by atoms with Crippen LogP contribution in [-0.4, -0.2) is 12.7 Å². The highest BCUT2D eigenvalue weighted by Gasteiger charge is 2.24. The van der Waals surface area contributed by atoms with Crippen molar-refractivity contribution < 1.29 is 18.7 Å². The topological polar surface area (TPSA) is 59.6 Å². The fourth-order valence-corrected chi connectivity index (χ4v) is 3.28. The Morgan fingerprint density at radius 3 is 2.57 bits per heavy atom. The van der Waals surface area contributed by atoms with Crippen molar-refractivity contribution in [2.75, 3.05) is 17.4 Å². The Morgan fingerprint density at radius 2 is 1.71 bits per heavy atom. The minimum Gasteiger partial charge on any atom is -0.454 e. The number of carbonyl (C=O) groups is 1. The van der Waals surface area contributed by atoms with Gasteiger partial charge in [0.25, 0.3) is 5.91 Å². The van der Waals surface area contributed by atoms with E-state index in [0.29, 0.717) is 17.1 Å². The lowest BCUT2D eigenvalue weighted by atomic mass is 10.0. The molecule has 28 heavy (non-hydrogen) atoms. The molecule has 0 spiro atoms. The summed E-state index contributed by atoms with van der Waals surface area (Å²) in [6.45, 7) is 0.205. The number of ether oxygens (including phenoxy) is 2. The molecular weight excluding hydrogens is 359 g/mol. The zero-order valence-corrected chi connectivity index (χ0v) is 14.7. The average molecular weight is 374 g/mol. The lowest BCUT2D eigenvalue weighted by Crippen LogP contribution is -2.03. The Labute approximate surface area is 160 Å². The summed E-state index contributed by atoms with van der Waals surface area (Å²) in [6, 6.07) is 17.3. The second-order valence-electron chi connectivity index (χ2n) is 6.52. The van der Waals surface area contributed by atoms with Crippen molar-refractivity contribution in [2.24, 2.45) is 0 Å². The van der Waals surface area contributed by atoms with Gasteiger partial charge < -0.3 is 20.1 Å². The van der Waals surface area contributed by atoms with E-state index in [9.17, 15) is 9.18 Å². The third-order valence-electron chi connectivity index (χ3n) is 4.64. The highest BCUT2D eigenvalue weighted by molar-refractivity contribution is 6.35. The fourth-order valence-electron chi connectivity index (χ4n) is 3.28. The zero-order chi connectivity index (χ0) is 19.1. The van der Waals surface area contributed by atoms with Gasteiger partial charge in [-0.05, 0) is 66.2 Å². The van der Waals surface area contributed by atoms with Crippen LogP contribution < -0.4 is 20.1 Å². The summed E-state index contributed by atoms with van der Waals surface area (Å²) in [7, 11) is 0. The van der Waals surface area contributed by atoms with Gasteiger partial charge in [-0.2, -0.15) is 0 Å². The predicted molar refractivity (Wildman–Crippen MR) is 105 cm³/mol. The summed E-state index contributed by atoms with van der Waals surface area (Å²) in [5, 5.41) is 6.10. The SMILES string of the molecule is O=C1Nc2ccc(Nc3ccc(F)cc3)cc2/C1=C\c1ccc2c(c1)OCO2. The molecule has 2 aliphatic heterocycles. The molecule has 0 fully saturated rings. The van der Waals surface area contributed by atoms with E-state index in [-0.39, 0.29) is 18.5 Å². The Kier molecular flexibility index (Phi) is 3.76. The van der Waals surface area contributed by atoms with E-state index >= 15 is 0 Å². The molecule has 0 bridgehead atoms. The Morgan fingerprint density at radius 1 is 0.929 bits per heavy atom. The normalized spacial score (nSPS) is 15.5. The molecule has 0 aromatic heterocycles. The molecule has 0 atom stereocenters. The number of anilines is 3. The van der Waals surface area contributed by atoms with Gasteiger partial charge in [0.15, 0.2) is 11.5 Å². The van der Waals surface area contributed by atoms with Crippen LogP contribution in [0.5, 0.6) is 11.5 Å². The van der Waals surface area contributed by atoms with Crippen molar-refractivity contribution in [1.82, 2.24) is 0 Å². The quantitative estimate of drug-likeness (QED) is 0.647. The number of carbonyl (C=O) groups excluding carboxylic acids is 1. The standard InChI is InChI=1S/C22H15FN2O3/c23-14-2-4-15(5-3-14)24-16-6-7-19-17(11-16)18(22(26)25-19)9-13-1-8-20-21(10-13)28-12-27-20/h1-11,24H,12H2,(H,25,26)/b18-9+. The highest BCUT2D eigenvalue weighted by atomic mass is 19.1. The van der Waals surface area contributed by atoms with Gasteiger partial charge in [-0.3, -0.25) is 4.79 Å². The van der Waals surface area contributed by atoms with E-state index in [1.807, 2.05) is 42.5 Å². The second-order valence-corrected chi connectivity index (χ2v) is 6.52. The molecule has 5 nitrogen and oxygen atoms in total. The Balaban J connectivity index is 1.48. The van der Waals surface area contributed by atoms with E-state index in [4.69, 9.17) is 9.47 Å².